The summed E-state index contributed by atoms with van der Waals surface area (Å²) in [7, 11) is 0. The van der Waals surface area contributed by atoms with Gasteiger partial charge in [-0.3, -0.25) is 0 Å². The molecule has 12 rings (SSSR count). The van der Waals surface area contributed by atoms with Gasteiger partial charge < -0.3 is 4.74 Å². The van der Waals surface area contributed by atoms with E-state index in [0.717, 1.165) is 16.9 Å². The second-order valence-corrected chi connectivity index (χ2v) is 15.1. The Morgan fingerprint density at radius 2 is 0.800 bits per heavy atom. The summed E-state index contributed by atoms with van der Waals surface area (Å²) in [4.78, 5) is 0. The Labute approximate surface area is 320 Å². The van der Waals surface area contributed by atoms with Gasteiger partial charge in [0.15, 0.2) is 0 Å². The lowest BCUT2D eigenvalue weighted by molar-refractivity contribution is 0.442. The summed E-state index contributed by atoms with van der Waals surface area (Å²) >= 11 is 0. The molecule has 0 saturated carbocycles. The van der Waals surface area contributed by atoms with Crippen LogP contribution in [0.4, 0.5) is 0 Å². The molecule has 2 aliphatic carbocycles. The van der Waals surface area contributed by atoms with Gasteiger partial charge in [-0.1, -0.05) is 188 Å². The minimum Gasteiger partial charge on any atom is -0.456 e. The maximum absolute atomic E-state index is 7.04. The first-order valence-corrected chi connectivity index (χ1v) is 19.2. The Morgan fingerprint density at radius 1 is 0.309 bits per heavy atom. The second-order valence-electron chi connectivity index (χ2n) is 15.1. The summed E-state index contributed by atoms with van der Waals surface area (Å²) in [6.07, 6.45) is 0. The molecule has 0 bridgehead atoms. The van der Waals surface area contributed by atoms with Crippen molar-refractivity contribution in [3.8, 4) is 44.9 Å². The van der Waals surface area contributed by atoms with Crippen molar-refractivity contribution in [1.82, 2.24) is 0 Å². The molecule has 0 atom stereocenters. The highest BCUT2D eigenvalue weighted by molar-refractivity contribution is 5.96. The van der Waals surface area contributed by atoms with E-state index in [1.54, 1.807) is 0 Å². The van der Waals surface area contributed by atoms with Crippen LogP contribution in [0.25, 0.3) is 44.2 Å². The fourth-order valence-corrected chi connectivity index (χ4v) is 10.4. The van der Waals surface area contributed by atoms with Crippen LogP contribution in [0.15, 0.2) is 206 Å². The van der Waals surface area contributed by atoms with Gasteiger partial charge in [0.2, 0.25) is 0 Å². The van der Waals surface area contributed by atoms with E-state index in [1.807, 2.05) is 0 Å². The number of hydrogen-bond donors (Lipinski definition) is 0. The highest BCUT2D eigenvalue weighted by Crippen LogP contribution is 2.63. The molecule has 0 saturated heterocycles. The molecular weight excluding hydrogens is 665 g/mol. The van der Waals surface area contributed by atoms with E-state index >= 15 is 0 Å². The maximum atomic E-state index is 7.04. The SMILES string of the molecule is c1ccc(C2(c3ccccc3)c3ccccc3-c3cc(-c4ccc5c(c4)C4(c6ccccc6-c6ccccc64)c4ccc6ccccc6c4O5)ccc32)cc1. The van der Waals surface area contributed by atoms with Crippen molar-refractivity contribution in [3.63, 3.8) is 0 Å². The molecule has 1 spiro atoms. The summed E-state index contributed by atoms with van der Waals surface area (Å²) in [5.41, 5.74) is 16.6. The van der Waals surface area contributed by atoms with Crippen LogP contribution < -0.4 is 4.74 Å². The average Bonchev–Trinajstić information content (AvgIpc) is 3.73. The summed E-state index contributed by atoms with van der Waals surface area (Å²) < 4.78 is 7.04. The highest BCUT2D eigenvalue weighted by Gasteiger charge is 2.52. The van der Waals surface area contributed by atoms with Gasteiger partial charge in [-0.25, -0.2) is 0 Å². The van der Waals surface area contributed by atoms with Gasteiger partial charge in [-0.15, -0.1) is 0 Å². The van der Waals surface area contributed by atoms with Crippen LogP contribution in [0.2, 0.25) is 0 Å². The largest absolute Gasteiger partial charge is 0.456 e. The normalized spacial score (nSPS) is 14.6. The summed E-state index contributed by atoms with van der Waals surface area (Å²) in [6, 6.07) is 76.2. The summed E-state index contributed by atoms with van der Waals surface area (Å²) in [5, 5.41) is 2.31. The monoisotopic (exact) mass is 698 g/mol. The van der Waals surface area contributed by atoms with Crippen LogP contribution in [0.3, 0.4) is 0 Å². The number of hydrogen-bond acceptors (Lipinski definition) is 1. The Hall–Kier alpha value is -6.96. The topological polar surface area (TPSA) is 9.23 Å². The van der Waals surface area contributed by atoms with Crippen molar-refractivity contribution in [3.05, 3.63) is 251 Å². The third kappa shape index (κ3) is 3.92. The zero-order chi connectivity index (χ0) is 36.1. The smallest absolute Gasteiger partial charge is 0.140 e. The van der Waals surface area contributed by atoms with E-state index in [4.69, 9.17) is 4.74 Å². The fourth-order valence-electron chi connectivity index (χ4n) is 10.4. The molecule has 256 valence electrons. The van der Waals surface area contributed by atoms with Crippen LogP contribution in [-0.2, 0) is 10.8 Å². The zero-order valence-corrected chi connectivity index (χ0v) is 30.0. The van der Waals surface area contributed by atoms with E-state index in [-0.39, 0.29) is 0 Å². The molecule has 1 aliphatic heterocycles. The first-order chi connectivity index (χ1) is 27.3. The van der Waals surface area contributed by atoms with E-state index in [2.05, 4.69) is 206 Å². The van der Waals surface area contributed by atoms with Gasteiger partial charge >= 0.3 is 0 Å². The third-order valence-electron chi connectivity index (χ3n) is 12.6. The van der Waals surface area contributed by atoms with E-state index in [1.165, 1.54) is 83.3 Å². The van der Waals surface area contributed by atoms with Gasteiger partial charge in [-0.2, -0.15) is 0 Å². The molecule has 0 fully saturated rings. The van der Waals surface area contributed by atoms with Crippen LogP contribution >= 0.6 is 0 Å². The summed E-state index contributed by atoms with van der Waals surface area (Å²) in [5.74, 6) is 1.84. The van der Waals surface area contributed by atoms with Gasteiger partial charge in [0.05, 0.1) is 10.8 Å². The number of benzene rings is 9. The van der Waals surface area contributed by atoms with Gasteiger partial charge in [0.25, 0.3) is 0 Å². The van der Waals surface area contributed by atoms with Crippen molar-refractivity contribution in [2.24, 2.45) is 0 Å². The molecule has 0 radical (unpaired) electrons. The summed E-state index contributed by atoms with van der Waals surface area (Å²) in [6.45, 7) is 0. The van der Waals surface area contributed by atoms with Crippen molar-refractivity contribution in [2.75, 3.05) is 0 Å². The number of rotatable bonds is 3. The predicted molar refractivity (Wildman–Crippen MR) is 224 cm³/mol. The fraction of sp³-hybridized carbons (Fsp3) is 0.0370. The van der Waals surface area contributed by atoms with Crippen molar-refractivity contribution >= 4 is 10.8 Å². The first kappa shape index (κ1) is 30.5. The zero-order valence-electron chi connectivity index (χ0n) is 30.0. The molecule has 0 N–H and O–H groups in total. The van der Waals surface area contributed by atoms with Crippen molar-refractivity contribution in [2.45, 2.75) is 10.8 Å². The Bertz CT molecular complexity index is 2930. The van der Waals surface area contributed by atoms with Gasteiger partial charge in [0.1, 0.15) is 11.5 Å². The van der Waals surface area contributed by atoms with Crippen LogP contribution in [-0.4, -0.2) is 0 Å². The van der Waals surface area contributed by atoms with Gasteiger partial charge in [-0.05, 0) is 90.3 Å². The second kappa shape index (κ2) is 11.3. The third-order valence-corrected chi connectivity index (χ3v) is 12.6. The minimum atomic E-state index is -0.546. The molecule has 1 nitrogen and oxygen atoms in total. The van der Waals surface area contributed by atoms with Crippen LogP contribution in [0, 0.1) is 0 Å². The molecule has 3 aliphatic rings. The number of fused-ring (bicyclic) bond motifs is 14. The molecule has 9 aromatic carbocycles. The van der Waals surface area contributed by atoms with E-state index < -0.39 is 10.8 Å². The Morgan fingerprint density at radius 3 is 1.47 bits per heavy atom. The first-order valence-electron chi connectivity index (χ1n) is 19.2. The van der Waals surface area contributed by atoms with Crippen molar-refractivity contribution in [1.29, 1.82) is 0 Å². The van der Waals surface area contributed by atoms with Gasteiger partial charge in [0, 0.05) is 16.5 Å². The molecule has 1 heteroatoms. The minimum absolute atomic E-state index is 0.426. The van der Waals surface area contributed by atoms with Crippen LogP contribution in [0.5, 0.6) is 11.5 Å². The van der Waals surface area contributed by atoms with E-state index in [9.17, 15) is 0 Å². The average molecular weight is 699 g/mol. The lowest BCUT2D eigenvalue weighted by atomic mass is 9.65. The Kier molecular flexibility index (Phi) is 6.25. The number of ether oxygens (including phenoxy) is 1. The quantitative estimate of drug-likeness (QED) is 0.178. The molecule has 9 aromatic rings. The Balaban J connectivity index is 1.12. The standard InChI is InChI=1S/C54H34O/c1-3-16-38(17-4-1)53(39-18-5-2-6-19-39)45-24-12-11-23-43(45)44-33-36(28-30-48(44)53)37-29-32-51-50(34-37)54(49-31-27-35-15-7-8-20-40(35)52(49)55-51)46-25-13-9-21-41(46)42-22-10-14-26-47(42)54/h1-34H. The highest BCUT2D eigenvalue weighted by atomic mass is 16.5. The molecule has 55 heavy (non-hydrogen) atoms. The van der Waals surface area contributed by atoms with Crippen LogP contribution in [0.1, 0.15) is 44.5 Å². The molecule has 1 heterocycles. The molecule has 0 unspecified atom stereocenters. The molecule has 0 amide bonds. The molecule has 0 aromatic heterocycles. The lowest BCUT2D eigenvalue weighted by Gasteiger charge is -2.40. The lowest BCUT2D eigenvalue weighted by Crippen LogP contribution is -2.32. The maximum Gasteiger partial charge on any atom is 0.140 e. The predicted octanol–water partition coefficient (Wildman–Crippen LogP) is 13.3. The van der Waals surface area contributed by atoms with Crippen molar-refractivity contribution < 1.29 is 4.74 Å². The molecular formula is C54H34O. The van der Waals surface area contributed by atoms with E-state index in [0.29, 0.717) is 0 Å².